The average molecular weight is 188 g/mol. The molecular weight excluding hydrogens is 172 g/mol. The molecule has 0 heterocycles. The highest BCUT2D eigenvalue weighted by atomic mass is 16.4. The van der Waals surface area contributed by atoms with Gasteiger partial charge in [-0.15, -0.1) is 0 Å². The van der Waals surface area contributed by atoms with Crippen LogP contribution in [0.2, 0.25) is 0 Å². The summed E-state index contributed by atoms with van der Waals surface area (Å²) in [5, 5.41) is 11.2. The van der Waals surface area contributed by atoms with Gasteiger partial charge in [0.15, 0.2) is 0 Å². The van der Waals surface area contributed by atoms with Crippen LogP contribution >= 0.6 is 0 Å². The van der Waals surface area contributed by atoms with E-state index in [1.165, 1.54) is 4.90 Å². The fraction of sp³-hybridized carbons (Fsp3) is 0.750. The van der Waals surface area contributed by atoms with Crippen molar-refractivity contribution in [2.24, 2.45) is 0 Å². The Morgan fingerprint density at radius 3 is 2.46 bits per heavy atom. The number of carboxylic acid groups (broad SMARTS) is 1. The summed E-state index contributed by atoms with van der Waals surface area (Å²) >= 11 is 0. The normalized spacial score (nSPS) is 9.69. The van der Waals surface area contributed by atoms with Crippen LogP contribution in [0.3, 0.4) is 0 Å². The van der Waals surface area contributed by atoms with Crippen LogP contribution < -0.4 is 5.32 Å². The number of carbonyl (C=O) groups is 2. The summed E-state index contributed by atoms with van der Waals surface area (Å²) in [4.78, 5) is 22.6. The molecule has 0 unspecified atom stereocenters. The zero-order valence-electron chi connectivity index (χ0n) is 8.04. The highest BCUT2D eigenvalue weighted by molar-refractivity contribution is 5.77. The van der Waals surface area contributed by atoms with Gasteiger partial charge < -0.3 is 15.3 Å². The molecule has 2 N–H and O–H groups in total. The maximum Gasteiger partial charge on any atom is 0.303 e. The molecule has 0 atom stereocenters. The molecule has 5 heteroatoms. The topological polar surface area (TPSA) is 69.6 Å². The number of amides is 1. The SMILES string of the molecule is CN(C)C(=O)CNCCCC(=O)O. The van der Waals surface area contributed by atoms with Gasteiger partial charge in [0.05, 0.1) is 6.54 Å². The largest absolute Gasteiger partial charge is 0.481 e. The Morgan fingerprint density at radius 2 is 2.00 bits per heavy atom. The number of rotatable bonds is 6. The van der Waals surface area contributed by atoms with Gasteiger partial charge in [0.2, 0.25) is 5.91 Å². The summed E-state index contributed by atoms with van der Waals surface area (Å²) in [5.41, 5.74) is 0. The van der Waals surface area contributed by atoms with Crippen LogP contribution in [-0.4, -0.2) is 49.1 Å². The van der Waals surface area contributed by atoms with Gasteiger partial charge in [0, 0.05) is 20.5 Å². The monoisotopic (exact) mass is 188 g/mol. The molecule has 0 radical (unpaired) electrons. The molecule has 0 rings (SSSR count). The van der Waals surface area contributed by atoms with Crippen molar-refractivity contribution >= 4 is 11.9 Å². The second kappa shape index (κ2) is 6.42. The van der Waals surface area contributed by atoms with Gasteiger partial charge in [-0.2, -0.15) is 0 Å². The third kappa shape index (κ3) is 7.27. The lowest BCUT2D eigenvalue weighted by atomic mass is 10.3. The Labute approximate surface area is 77.7 Å². The van der Waals surface area contributed by atoms with Crippen molar-refractivity contribution in [2.75, 3.05) is 27.2 Å². The first-order chi connectivity index (χ1) is 6.04. The maximum absolute atomic E-state index is 11.0. The Kier molecular flexibility index (Phi) is 5.88. The van der Waals surface area contributed by atoms with Crippen LogP contribution in [0.25, 0.3) is 0 Å². The first kappa shape index (κ1) is 11.9. The molecule has 13 heavy (non-hydrogen) atoms. The van der Waals surface area contributed by atoms with E-state index < -0.39 is 5.97 Å². The number of hydrogen-bond acceptors (Lipinski definition) is 3. The molecule has 0 aliphatic rings. The number of hydrogen-bond donors (Lipinski definition) is 2. The minimum absolute atomic E-state index is 0.00433. The minimum Gasteiger partial charge on any atom is -0.481 e. The van der Waals surface area contributed by atoms with Crippen molar-refractivity contribution in [1.82, 2.24) is 10.2 Å². The van der Waals surface area contributed by atoms with Crippen LogP contribution in [0.4, 0.5) is 0 Å². The van der Waals surface area contributed by atoms with Gasteiger partial charge in [0.25, 0.3) is 0 Å². The number of carboxylic acids is 1. The molecule has 0 spiro atoms. The molecule has 0 aromatic carbocycles. The Balaban J connectivity index is 3.26. The predicted molar refractivity (Wildman–Crippen MR) is 48.4 cm³/mol. The molecule has 1 amide bonds. The second-order valence-electron chi connectivity index (χ2n) is 2.96. The number of carbonyl (C=O) groups excluding carboxylic acids is 1. The second-order valence-corrected chi connectivity index (χ2v) is 2.96. The first-order valence-electron chi connectivity index (χ1n) is 4.16. The van der Waals surface area contributed by atoms with Gasteiger partial charge in [-0.1, -0.05) is 0 Å². The smallest absolute Gasteiger partial charge is 0.303 e. The summed E-state index contributed by atoms with van der Waals surface area (Å²) in [6, 6.07) is 0. The van der Waals surface area contributed by atoms with E-state index in [2.05, 4.69) is 5.32 Å². The van der Waals surface area contributed by atoms with Crippen LogP contribution in [0.15, 0.2) is 0 Å². The van der Waals surface area contributed by atoms with Crippen LogP contribution in [0.5, 0.6) is 0 Å². The lowest BCUT2D eigenvalue weighted by Gasteiger charge is -2.10. The zero-order chi connectivity index (χ0) is 10.3. The fourth-order valence-electron chi connectivity index (χ4n) is 0.718. The van der Waals surface area contributed by atoms with Gasteiger partial charge in [-0.05, 0) is 13.0 Å². The van der Waals surface area contributed by atoms with Gasteiger partial charge in [0.1, 0.15) is 0 Å². The molecule has 0 aliphatic heterocycles. The fourth-order valence-corrected chi connectivity index (χ4v) is 0.718. The summed E-state index contributed by atoms with van der Waals surface area (Å²) in [7, 11) is 3.36. The van der Waals surface area contributed by atoms with Crippen molar-refractivity contribution in [3.8, 4) is 0 Å². The van der Waals surface area contributed by atoms with Crippen molar-refractivity contribution in [2.45, 2.75) is 12.8 Å². The standard InChI is InChI=1S/C8H16N2O3/c1-10(2)7(11)6-9-5-3-4-8(12)13/h9H,3-6H2,1-2H3,(H,12,13). The summed E-state index contributed by atoms with van der Waals surface area (Å²) in [5.74, 6) is -0.809. The van der Waals surface area contributed by atoms with E-state index in [0.717, 1.165) is 0 Å². The molecule has 0 bridgehead atoms. The lowest BCUT2D eigenvalue weighted by molar-refractivity contribution is -0.137. The highest BCUT2D eigenvalue weighted by Crippen LogP contribution is 1.85. The summed E-state index contributed by atoms with van der Waals surface area (Å²) in [6.07, 6.45) is 0.694. The third-order valence-corrected chi connectivity index (χ3v) is 1.52. The van der Waals surface area contributed by atoms with E-state index in [1.807, 2.05) is 0 Å². The van der Waals surface area contributed by atoms with Crippen molar-refractivity contribution in [3.63, 3.8) is 0 Å². The van der Waals surface area contributed by atoms with Gasteiger partial charge >= 0.3 is 5.97 Å². The van der Waals surface area contributed by atoms with Crippen molar-refractivity contribution in [1.29, 1.82) is 0 Å². The zero-order valence-corrected chi connectivity index (χ0v) is 8.04. The minimum atomic E-state index is -0.805. The lowest BCUT2D eigenvalue weighted by Crippen LogP contribution is -2.33. The van der Waals surface area contributed by atoms with E-state index in [4.69, 9.17) is 5.11 Å². The molecular formula is C8H16N2O3. The molecule has 0 aliphatic carbocycles. The van der Waals surface area contributed by atoms with Crippen molar-refractivity contribution < 1.29 is 14.7 Å². The molecule has 0 aromatic heterocycles. The summed E-state index contributed by atoms with van der Waals surface area (Å²) < 4.78 is 0. The molecule has 0 saturated carbocycles. The Morgan fingerprint density at radius 1 is 1.38 bits per heavy atom. The van der Waals surface area contributed by atoms with E-state index in [0.29, 0.717) is 13.0 Å². The average Bonchev–Trinajstić information content (AvgIpc) is 2.02. The predicted octanol–water partition coefficient (Wildman–Crippen LogP) is -0.471. The van der Waals surface area contributed by atoms with Gasteiger partial charge in [-0.3, -0.25) is 9.59 Å². The van der Waals surface area contributed by atoms with Crippen LogP contribution in [-0.2, 0) is 9.59 Å². The highest BCUT2D eigenvalue weighted by Gasteiger charge is 2.02. The quantitative estimate of drug-likeness (QED) is 0.553. The van der Waals surface area contributed by atoms with E-state index in [1.54, 1.807) is 14.1 Å². The maximum atomic E-state index is 11.0. The summed E-state index contributed by atoms with van der Waals surface area (Å²) in [6.45, 7) is 0.832. The Bertz CT molecular complexity index is 180. The number of nitrogens with one attached hydrogen (secondary N) is 1. The third-order valence-electron chi connectivity index (χ3n) is 1.52. The Hall–Kier alpha value is -1.10. The molecule has 5 nitrogen and oxygen atoms in total. The molecule has 0 fully saturated rings. The number of aliphatic carboxylic acids is 1. The van der Waals surface area contributed by atoms with Crippen LogP contribution in [0.1, 0.15) is 12.8 Å². The van der Waals surface area contributed by atoms with Crippen molar-refractivity contribution in [3.05, 3.63) is 0 Å². The molecule has 0 saturated heterocycles. The first-order valence-corrected chi connectivity index (χ1v) is 4.16. The molecule has 76 valence electrons. The van der Waals surface area contributed by atoms with E-state index in [-0.39, 0.29) is 18.9 Å². The number of nitrogens with zero attached hydrogens (tertiary/aromatic N) is 1. The van der Waals surface area contributed by atoms with E-state index in [9.17, 15) is 9.59 Å². The van der Waals surface area contributed by atoms with Gasteiger partial charge in [-0.25, -0.2) is 0 Å². The number of likely N-dealkylation sites (N-methyl/N-ethyl adjacent to an activating group) is 1. The van der Waals surface area contributed by atoms with E-state index >= 15 is 0 Å². The van der Waals surface area contributed by atoms with Crippen LogP contribution in [0, 0.1) is 0 Å². The molecule has 0 aromatic rings.